The van der Waals surface area contributed by atoms with E-state index in [1.54, 1.807) is 0 Å². The highest BCUT2D eigenvalue weighted by Crippen LogP contribution is 2.24. The molecule has 0 fully saturated rings. The number of rotatable bonds is 7. The Kier molecular flexibility index (Phi) is 5.39. The first kappa shape index (κ1) is 15.6. The van der Waals surface area contributed by atoms with E-state index in [0.29, 0.717) is 19.2 Å². The van der Waals surface area contributed by atoms with Gasteiger partial charge in [0.1, 0.15) is 12.4 Å². The van der Waals surface area contributed by atoms with E-state index in [4.69, 9.17) is 10.5 Å². The summed E-state index contributed by atoms with van der Waals surface area (Å²) in [7, 11) is 0. The average molecular weight is 287 g/mol. The second kappa shape index (κ2) is 7.27. The molecule has 0 bridgehead atoms. The normalized spacial score (nSPS) is 12.4. The number of aromatic nitrogens is 2. The summed E-state index contributed by atoms with van der Waals surface area (Å²) in [5.74, 6) is 0.945. The summed E-state index contributed by atoms with van der Waals surface area (Å²) in [6, 6.07) is 8.63. The highest BCUT2D eigenvalue weighted by molar-refractivity contribution is 5.41. The predicted molar refractivity (Wildman–Crippen MR) is 85.5 cm³/mol. The van der Waals surface area contributed by atoms with Gasteiger partial charge in [0, 0.05) is 12.2 Å². The van der Waals surface area contributed by atoms with Gasteiger partial charge in [-0.2, -0.15) is 5.10 Å². The number of para-hydroxylation sites is 1. The monoisotopic (exact) mass is 287 g/mol. The molecule has 1 heterocycles. The van der Waals surface area contributed by atoms with E-state index in [2.05, 4.69) is 38.0 Å². The van der Waals surface area contributed by atoms with Gasteiger partial charge in [0.05, 0.1) is 5.69 Å². The minimum absolute atomic E-state index is 0.421. The molecule has 0 aliphatic carbocycles. The van der Waals surface area contributed by atoms with Crippen LogP contribution in [0.25, 0.3) is 0 Å². The third-order valence-electron chi connectivity index (χ3n) is 3.78. The first-order chi connectivity index (χ1) is 10.2. The van der Waals surface area contributed by atoms with Crippen LogP contribution in [-0.2, 0) is 13.0 Å². The second-order valence-electron chi connectivity index (χ2n) is 5.43. The topological polar surface area (TPSA) is 53.1 Å². The van der Waals surface area contributed by atoms with Crippen LogP contribution >= 0.6 is 0 Å². The highest BCUT2D eigenvalue weighted by atomic mass is 16.5. The standard InChI is InChI=1S/C17H25N3O/c1-4-14(3)20-11-9-16(19-20)12-21-17-13(2)6-5-7-15(17)8-10-18/h5-7,9,11,14H,4,8,10,12,18H2,1-3H3. The van der Waals surface area contributed by atoms with Crippen LogP contribution in [0, 0.1) is 6.92 Å². The third kappa shape index (κ3) is 3.85. The lowest BCUT2D eigenvalue weighted by atomic mass is 10.1. The molecule has 4 heteroatoms. The first-order valence-corrected chi connectivity index (χ1v) is 7.61. The Morgan fingerprint density at radius 3 is 2.86 bits per heavy atom. The van der Waals surface area contributed by atoms with Crippen LogP contribution in [0.5, 0.6) is 5.75 Å². The summed E-state index contributed by atoms with van der Waals surface area (Å²) in [6.07, 6.45) is 3.92. The van der Waals surface area contributed by atoms with Crippen molar-refractivity contribution in [2.45, 2.75) is 46.3 Å². The highest BCUT2D eigenvalue weighted by Gasteiger charge is 2.09. The fraction of sp³-hybridized carbons (Fsp3) is 0.471. The Labute approximate surface area is 126 Å². The Balaban J connectivity index is 2.07. The minimum atomic E-state index is 0.421. The van der Waals surface area contributed by atoms with Gasteiger partial charge in [-0.05, 0) is 50.4 Å². The molecule has 1 aromatic carbocycles. The molecular weight excluding hydrogens is 262 g/mol. The van der Waals surface area contributed by atoms with Gasteiger partial charge in [-0.1, -0.05) is 25.1 Å². The maximum absolute atomic E-state index is 6.00. The zero-order valence-corrected chi connectivity index (χ0v) is 13.2. The lowest BCUT2D eigenvalue weighted by molar-refractivity contribution is 0.293. The molecule has 0 amide bonds. The molecule has 4 nitrogen and oxygen atoms in total. The van der Waals surface area contributed by atoms with E-state index in [1.807, 2.05) is 23.0 Å². The zero-order chi connectivity index (χ0) is 15.2. The summed E-state index contributed by atoms with van der Waals surface area (Å²) in [5.41, 5.74) is 8.93. The van der Waals surface area contributed by atoms with Crippen LogP contribution in [0.3, 0.4) is 0 Å². The first-order valence-electron chi connectivity index (χ1n) is 7.61. The van der Waals surface area contributed by atoms with Gasteiger partial charge in [0.25, 0.3) is 0 Å². The van der Waals surface area contributed by atoms with Crippen molar-refractivity contribution in [2.75, 3.05) is 6.54 Å². The van der Waals surface area contributed by atoms with Crippen molar-refractivity contribution in [1.82, 2.24) is 9.78 Å². The SMILES string of the molecule is CCC(C)n1ccc(COc2c(C)cccc2CCN)n1. The fourth-order valence-corrected chi connectivity index (χ4v) is 2.31. The minimum Gasteiger partial charge on any atom is -0.487 e. The number of hydrogen-bond acceptors (Lipinski definition) is 3. The molecule has 0 aliphatic heterocycles. The number of benzene rings is 1. The molecule has 0 spiro atoms. The molecule has 2 rings (SSSR count). The van der Waals surface area contributed by atoms with Gasteiger partial charge in [-0.15, -0.1) is 0 Å². The van der Waals surface area contributed by atoms with Crippen LogP contribution in [0.2, 0.25) is 0 Å². The average Bonchev–Trinajstić information content (AvgIpc) is 2.95. The van der Waals surface area contributed by atoms with Crippen molar-refractivity contribution in [3.05, 3.63) is 47.3 Å². The molecule has 0 saturated carbocycles. The fourth-order valence-electron chi connectivity index (χ4n) is 2.31. The zero-order valence-electron chi connectivity index (χ0n) is 13.2. The predicted octanol–water partition coefficient (Wildman–Crippen LogP) is 3.24. The van der Waals surface area contributed by atoms with Crippen molar-refractivity contribution in [3.8, 4) is 5.75 Å². The summed E-state index contributed by atoms with van der Waals surface area (Å²) in [5, 5.41) is 4.57. The van der Waals surface area contributed by atoms with Crippen LogP contribution in [-0.4, -0.2) is 16.3 Å². The Bertz CT molecular complexity index is 577. The molecule has 2 N–H and O–H groups in total. The molecule has 21 heavy (non-hydrogen) atoms. The summed E-state index contributed by atoms with van der Waals surface area (Å²) >= 11 is 0. The molecule has 2 aromatic rings. The molecular formula is C17H25N3O. The number of nitrogens with zero attached hydrogens (tertiary/aromatic N) is 2. The Hall–Kier alpha value is -1.81. The quantitative estimate of drug-likeness (QED) is 0.850. The Morgan fingerprint density at radius 2 is 2.14 bits per heavy atom. The molecule has 1 unspecified atom stereocenters. The summed E-state index contributed by atoms with van der Waals surface area (Å²) < 4.78 is 8.00. The molecule has 0 saturated heterocycles. The van der Waals surface area contributed by atoms with Crippen molar-refractivity contribution >= 4 is 0 Å². The Morgan fingerprint density at radius 1 is 1.33 bits per heavy atom. The van der Waals surface area contributed by atoms with Crippen molar-refractivity contribution in [2.24, 2.45) is 5.73 Å². The van der Waals surface area contributed by atoms with Gasteiger partial charge < -0.3 is 10.5 Å². The van der Waals surface area contributed by atoms with E-state index < -0.39 is 0 Å². The van der Waals surface area contributed by atoms with Crippen LogP contribution in [0.15, 0.2) is 30.5 Å². The number of nitrogens with two attached hydrogens (primary N) is 1. The molecule has 1 atom stereocenters. The van der Waals surface area contributed by atoms with E-state index in [9.17, 15) is 0 Å². The van der Waals surface area contributed by atoms with E-state index in [-0.39, 0.29) is 0 Å². The van der Waals surface area contributed by atoms with Crippen molar-refractivity contribution in [1.29, 1.82) is 0 Å². The van der Waals surface area contributed by atoms with Crippen LogP contribution < -0.4 is 10.5 Å². The lowest BCUT2D eigenvalue weighted by Gasteiger charge is -2.13. The molecule has 114 valence electrons. The van der Waals surface area contributed by atoms with Gasteiger partial charge in [0.2, 0.25) is 0 Å². The van der Waals surface area contributed by atoms with E-state index in [0.717, 1.165) is 29.8 Å². The van der Waals surface area contributed by atoms with E-state index >= 15 is 0 Å². The number of hydrogen-bond donors (Lipinski definition) is 1. The smallest absolute Gasteiger partial charge is 0.132 e. The van der Waals surface area contributed by atoms with Crippen LogP contribution in [0.1, 0.15) is 43.1 Å². The molecule has 1 aromatic heterocycles. The largest absolute Gasteiger partial charge is 0.487 e. The maximum Gasteiger partial charge on any atom is 0.132 e. The number of ether oxygens (including phenoxy) is 1. The van der Waals surface area contributed by atoms with Crippen molar-refractivity contribution < 1.29 is 4.74 Å². The molecule has 0 aliphatic rings. The van der Waals surface area contributed by atoms with Gasteiger partial charge in [-0.25, -0.2) is 0 Å². The van der Waals surface area contributed by atoms with Crippen molar-refractivity contribution in [3.63, 3.8) is 0 Å². The third-order valence-corrected chi connectivity index (χ3v) is 3.78. The van der Waals surface area contributed by atoms with Gasteiger partial charge in [-0.3, -0.25) is 4.68 Å². The van der Waals surface area contributed by atoms with Crippen LogP contribution in [0.4, 0.5) is 0 Å². The summed E-state index contributed by atoms with van der Waals surface area (Å²) in [6.45, 7) is 7.51. The van der Waals surface area contributed by atoms with Gasteiger partial charge >= 0.3 is 0 Å². The second-order valence-corrected chi connectivity index (χ2v) is 5.43. The van der Waals surface area contributed by atoms with Gasteiger partial charge in [0.15, 0.2) is 0 Å². The lowest BCUT2D eigenvalue weighted by Crippen LogP contribution is -2.08. The summed E-state index contributed by atoms with van der Waals surface area (Å²) in [4.78, 5) is 0. The molecule has 0 radical (unpaired) electrons. The van der Waals surface area contributed by atoms with E-state index in [1.165, 1.54) is 5.56 Å². The maximum atomic E-state index is 6.00. The number of aryl methyl sites for hydroxylation is 1.